The summed E-state index contributed by atoms with van der Waals surface area (Å²) in [5.41, 5.74) is 17.8. The Morgan fingerprint density at radius 1 is 0.516 bits per heavy atom. The maximum absolute atomic E-state index is 12.4. The highest BCUT2D eigenvalue weighted by molar-refractivity contribution is 5.98. The van der Waals surface area contributed by atoms with E-state index in [1.54, 1.807) is 37.8 Å². The second-order valence-corrected chi connectivity index (χ2v) is 33.0. The standard InChI is InChI=1S/C27H37N3O4.C26H33N3O3.C25H30N2O3.C24H35NO5/c1-5-6-7-8-20-9-11-21(12-10-20)23-14-13-22(24(17-23)34-25(31)18(2)3)15-16-30-19(4)28-26(32)29-27(30)33;1-3-5-6-7-20-8-10-21(11-9-20)22-12-13-23(24(18-22)32-25(30)4-2)19-28-14-16-29(17-15-28)26(27)31;1-4-5-6-7-8-18-9-11-19(12-10-18)21-14-13-20(22-16-26-25(29)27-22)15-23(21)30-24(28)17(2)3;1-5-6-7-8-9-10-11-12-20-13-14-21(22(17-20)30-23(27)18(2)3)24(28)29-16-15-25-19(4)26/h13-14,17,20-21H,2,4-12,15-16H2,1,3H3,(H2,28,29,32,33);4,8-13,18H,2-3,5-7,14-17,19H2,1H3,(H2,27,31);9-15,22H,2,4-8,16H2,1,3H3,(H2,26,27,29);13-14,17H,2,5-12,15-16H2,1,3-4H3,(H,25,26). The van der Waals surface area contributed by atoms with Crippen LogP contribution in [0.25, 0.3) is 22.3 Å². The van der Waals surface area contributed by atoms with Crippen molar-refractivity contribution in [2.45, 2.75) is 241 Å². The number of piperazine rings is 1. The second kappa shape index (κ2) is 54.1. The smallest absolute Gasteiger partial charge is 0.342 e. The van der Waals surface area contributed by atoms with Gasteiger partial charge in [0.2, 0.25) is 5.91 Å². The van der Waals surface area contributed by atoms with Crippen molar-refractivity contribution in [3.63, 3.8) is 0 Å². The summed E-state index contributed by atoms with van der Waals surface area (Å²) >= 11 is 0. The Bertz CT molecular complexity index is 4670. The Labute approximate surface area is 746 Å². The predicted octanol–water partition coefficient (Wildman–Crippen LogP) is 20.2. The van der Waals surface area contributed by atoms with Crippen LogP contribution in [-0.4, -0.2) is 127 Å². The summed E-state index contributed by atoms with van der Waals surface area (Å²) in [5, 5.41) is 12.9. The molecule has 7 N–H and O–H groups in total. The Morgan fingerprint density at radius 2 is 1.03 bits per heavy atom. The van der Waals surface area contributed by atoms with Gasteiger partial charge in [-0.05, 0) is 184 Å². The van der Waals surface area contributed by atoms with Crippen LogP contribution in [0.1, 0.15) is 258 Å². The number of urea groups is 4. The fourth-order valence-electron chi connectivity index (χ4n) is 15.1. The Kier molecular flexibility index (Phi) is 43.4. The minimum atomic E-state index is -0.604. The molecule has 1 saturated carbocycles. The number of aryl methyl sites for hydroxylation is 3. The van der Waals surface area contributed by atoms with E-state index in [1.165, 1.54) is 150 Å². The molecule has 24 heteroatoms. The first kappa shape index (κ1) is 101. The van der Waals surface area contributed by atoms with Crippen molar-refractivity contribution in [3.8, 4) is 45.3 Å². The lowest BCUT2D eigenvalue weighted by Gasteiger charge is -2.34. The monoisotopic (exact) mass is 1730 g/mol. The summed E-state index contributed by atoms with van der Waals surface area (Å²) in [6, 6.07) is 38.2. The Morgan fingerprint density at radius 3 is 1.61 bits per heavy atom. The van der Waals surface area contributed by atoms with E-state index in [4.69, 9.17) is 29.4 Å². The van der Waals surface area contributed by atoms with Crippen molar-refractivity contribution in [3.05, 3.63) is 227 Å². The number of primary amides is 1. The third-order valence-electron chi connectivity index (χ3n) is 22.6. The molecule has 4 fully saturated rings. The molecule has 4 aliphatic rings. The molecule has 24 nitrogen and oxygen atoms in total. The number of carbonyl (C=O) groups excluding carboxylic acids is 10. The number of nitrogens with zero attached hydrogens (tertiary/aromatic N) is 3. The molecule has 1 unspecified atom stereocenters. The first-order valence-electron chi connectivity index (χ1n) is 45.1. The fraction of sp³-hybridized carbons (Fsp3) is 0.451. The first-order chi connectivity index (χ1) is 60.6. The van der Waals surface area contributed by atoms with Crippen molar-refractivity contribution in [2.24, 2.45) is 11.7 Å². The molecule has 678 valence electrons. The van der Waals surface area contributed by atoms with Crippen LogP contribution in [-0.2, 0) is 60.9 Å². The van der Waals surface area contributed by atoms with E-state index in [2.05, 4.69) is 153 Å². The molecular formula is C102H135N9O15. The molecule has 1 atom stereocenters. The van der Waals surface area contributed by atoms with Gasteiger partial charge in [-0.2, -0.15) is 0 Å². The molecular weight excluding hydrogens is 1590 g/mol. The molecule has 3 heterocycles. The summed E-state index contributed by atoms with van der Waals surface area (Å²) in [5.74, 6) is 0.396. The second-order valence-electron chi connectivity index (χ2n) is 33.0. The number of nitrogens with one attached hydrogen (secondary N) is 5. The number of benzene rings is 6. The maximum atomic E-state index is 12.4. The van der Waals surface area contributed by atoms with Gasteiger partial charge < -0.3 is 50.3 Å². The molecule has 6 aromatic carbocycles. The zero-order valence-electron chi connectivity index (χ0n) is 75.7. The number of ether oxygens (including phenoxy) is 5. The van der Waals surface area contributed by atoms with Gasteiger partial charge >= 0.3 is 54.0 Å². The molecule has 6 aromatic rings. The van der Waals surface area contributed by atoms with Crippen LogP contribution in [0.4, 0.5) is 19.2 Å². The minimum absolute atomic E-state index is 0.0338. The number of hydrogen-bond acceptors (Lipinski definition) is 16. The van der Waals surface area contributed by atoms with Crippen LogP contribution >= 0.6 is 0 Å². The lowest BCUT2D eigenvalue weighted by Crippen LogP contribution is -2.55. The van der Waals surface area contributed by atoms with E-state index in [-0.39, 0.29) is 66.4 Å². The van der Waals surface area contributed by atoms with E-state index in [0.717, 1.165) is 108 Å². The molecule has 0 spiro atoms. The zero-order valence-corrected chi connectivity index (χ0v) is 75.7. The number of esters is 5. The molecule has 126 heavy (non-hydrogen) atoms. The van der Waals surface area contributed by atoms with E-state index < -0.39 is 41.9 Å². The van der Waals surface area contributed by atoms with E-state index in [1.807, 2.05) is 48.5 Å². The number of nitrogens with two attached hydrogens (primary N) is 1. The van der Waals surface area contributed by atoms with E-state index in [9.17, 15) is 47.9 Å². The molecule has 3 aliphatic heterocycles. The van der Waals surface area contributed by atoms with Crippen molar-refractivity contribution in [2.75, 3.05) is 52.4 Å². The highest BCUT2D eigenvalue weighted by Gasteiger charge is 2.30. The predicted molar refractivity (Wildman–Crippen MR) is 497 cm³/mol. The van der Waals surface area contributed by atoms with Crippen molar-refractivity contribution in [1.29, 1.82) is 0 Å². The van der Waals surface area contributed by atoms with Gasteiger partial charge in [0.05, 0.1) is 12.6 Å². The number of rotatable bonds is 42. The van der Waals surface area contributed by atoms with Crippen LogP contribution in [0.3, 0.4) is 0 Å². The molecule has 10 rings (SSSR count). The Balaban J connectivity index is 0.000000231. The summed E-state index contributed by atoms with van der Waals surface area (Å²) < 4.78 is 27.5. The maximum Gasteiger partial charge on any atom is 0.342 e. The summed E-state index contributed by atoms with van der Waals surface area (Å²) in [7, 11) is 0. The van der Waals surface area contributed by atoms with Gasteiger partial charge in [-0.15, -0.1) is 0 Å². The fourth-order valence-corrected chi connectivity index (χ4v) is 15.1. The van der Waals surface area contributed by atoms with Crippen molar-refractivity contribution >= 4 is 59.9 Å². The summed E-state index contributed by atoms with van der Waals surface area (Å²) in [6.07, 6.45) is 31.8. The lowest BCUT2D eigenvalue weighted by atomic mass is 9.77. The molecule has 0 aromatic heterocycles. The molecule has 1 aliphatic carbocycles. The Hall–Kier alpha value is -11.9. The van der Waals surface area contributed by atoms with Crippen LogP contribution in [0.2, 0.25) is 0 Å². The molecule has 0 radical (unpaired) electrons. The average Bonchev–Trinajstić information content (AvgIpc) is 1.24. The van der Waals surface area contributed by atoms with Crippen molar-refractivity contribution in [1.82, 2.24) is 41.3 Å². The number of amides is 9. The highest BCUT2D eigenvalue weighted by Crippen LogP contribution is 2.41. The van der Waals surface area contributed by atoms with Crippen molar-refractivity contribution < 1.29 is 71.6 Å². The zero-order chi connectivity index (χ0) is 91.5. The van der Waals surface area contributed by atoms with Crippen LogP contribution in [0.5, 0.6) is 23.0 Å². The first-order valence-corrected chi connectivity index (χ1v) is 45.1. The van der Waals surface area contributed by atoms with Crippen LogP contribution in [0.15, 0.2) is 183 Å². The average molecular weight is 1730 g/mol. The highest BCUT2D eigenvalue weighted by atomic mass is 16.6. The normalized spacial score (nSPS) is 15.3. The van der Waals surface area contributed by atoms with E-state index >= 15 is 0 Å². The SMILES string of the molecule is C=C(C)C(=O)Oc1cc(C2CCC(CCCCC)CC2)ccc1CCN1C(=C)NC(=O)NC1=O.C=C(C)C(=O)Oc1cc(C2CNC(=O)N2)ccc1-c1ccc(CCCCCC)cc1.C=C(C)C(=O)Oc1cc(CCCCCCCCC)ccc1C(=O)OCCNC(C)=O.C=CC(=O)Oc1cc(-c2ccc(CCCCC)cc2)ccc1CN1CCN(C(N)=O)CC1. The van der Waals surface area contributed by atoms with E-state index in [0.29, 0.717) is 66.9 Å². The minimum Gasteiger partial charge on any atom is -0.460 e. The van der Waals surface area contributed by atoms with Gasteiger partial charge in [-0.3, -0.25) is 25.2 Å². The number of hydrogen-bond donors (Lipinski definition) is 6. The molecule has 0 bridgehead atoms. The van der Waals surface area contributed by atoms with Gasteiger partial charge in [0.1, 0.15) is 41.0 Å². The number of unbranched alkanes of at least 4 members (excludes halogenated alkanes) is 13. The lowest BCUT2D eigenvalue weighted by molar-refractivity contribution is -0.131. The molecule has 3 saturated heterocycles. The third-order valence-corrected chi connectivity index (χ3v) is 22.6. The number of imide groups is 1. The van der Waals surface area contributed by atoms with Crippen LogP contribution < -0.4 is 51.3 Å². The molecule has 9 amide bonds. The topological polar surface area (TPSA) is 313 Å². The number of carbonyl (C=O) groups is 10. The quantitative estimate of drug-likeness (QED) is 0.00898. The summed E-state index contributed by atoms with van der Waals surface area (Å²) in [4.78, 5) is 123. The largest absolute Gasteiger partial charge is 0.460 e. The van der Waals surface area contributed by atoms with Gasteiger partial charge in [-0.1, -0.05) is 248 Å². The third kappa shape index (κ3) is 34.5. The van der Waals surface area contributed by atoms with Gasteiger partial charge in [0.15, 0.2) is 0 Å². The van der Waals surface area contributed by atoms with Crippen LogP contribution in [0, 0.1) is 5.92 Å². The summed E-state index contributed by atoms with van der Waals surface area (Å²) in [6.45, 7) is 37.6. The van der Waals surface area contributed by atoms with Gasteiger partial charge in [0, 0.05) is 86.7 Å². The van der Waals surface area contributed by atoms with Gasteiger partial charge in [-0.25, -0.2) is 43.2 Å². The van der Waals surface area contributed by atoms with Gasteiger partial charge in [0.25, 0.3) is 0 Å².